The summed E-state index contributed by atoms with van der Waals surface area (Å²) in [4.78, 5) is 11.9. The van der Waals surface area contributed by atoms with Crippen LogP contribution in [0.4, 0.5) is 11.4 Å². The molecule has 3 N–H and O–H groups in total. The van der Waals surface area contributed by atoms with Crippen molar-refractivity contribution in [2.24, 2.45) is 0 Å². The van der Waals surface area contributed by atoms with Crippen molar-refractivity contribution in [2.45, 2.75) is 13.3 Å². The van der Waals surface area contributed by atoms with Gasteiger partial charge in [0.2, 0.25) is 5.91 Å². The Balaban J connectivity index is 2.06. The lowest BCUT2D eigenvalue weighted by molar-refractivity contribution is -0.115. The minimum Gasteiger partial charge on any atom is -0.398 e. The number of carbonyl (C=O) groups excluding carboxylic acids is 1. The van der Waals surface area contributed by atoms with E-state index < -0.39 is 0 Å². The largest absolute Gasteiger partial charge is 0.398 e. The fraction of sp³-hybridized carbons (Fsp3) is 0.133. The van der Waals surface area contributed by atoms with Crippen molar-refractivity contribution < 1.29 is 4.79 Å². The lowest BCUT2D eigenvalue weighted by Crippen LogP contribution is -2.15. The smallest absolute Gasteiger partial charge is 0.228 e. The summed E-state index contributed by atoms with van der Waals surface area (Å²) in [6.45, 7) is 1.96. The molecule has 0 atom stereocenters. The SMILES string of the molecule is Cc1ccccc1NC(=O)Cc1ccccc1N. The molecular formula is C15H16N2O. The molecule has 3 nitrogen and oxygen atoms in total. The highest BCUT2D eigenvalue weighted by molar-refractivity contribution is 5.93. The van der Waals surface area contributed by atoms with E-state index in [-0.39, 0.29) is 5.91 Å². The van der Waals surface area contributed by atoms with Crippen LogP contribution in [0, 0.1) is 6.92 Å². The number of nitrogens with one attached hydrogen (secondary N) is 1. The maximum atomic E-state index is 11.9. The van der Waals surface area contributed by atoms with Crippen LogP contribution in [0.25, 0.3) is 0 Å². The van der Waals surface area contributed by atoms with Gasteiger partial charge in [0.15, 0.2) is 0 Å². The minimum atomic E-state index is -0.0535. The lowest BCUT2D eigenvalue weighted by atomic mass is 10.1. The minimum absolute atomic E-state index is 0.0535. The van der Waals surface area contributed by atoms with E-state index in [1.165, 1.54) is 0 Å². The van der Waals surface area contributed by atoms with Gasteiger partial charge in [0.05, 0.1) is 6.42 Å². The summed E-state index contributed by atoms with van der Waals surface area (Å²) in [7, 11) is 0. The molecule has 0 radical (unpaired) electrons. The quantitative estimate of drug-likeness (QED) is 0.810. The normalized spacial score (nSPS) is 10.1. The summed E-state index contributed by atoms with van der Waals surface area (Å²) in [6, 6.07) is 15.1. The Labute approximate surface area is 107 Å². The van der Waals surface area contributed by atoms with Gasteiger partial charge in [0.1, 0.15) is 0 Å². The predicted molar refractivity (Wildman–Crippen MR) is 74.4 cm³/mol. The van der Waals surface area contributed by atoms with Crippen LogP contribution >= 0.6 is 0 Å². The van der Waals surface area contributed by atoms with Crippen molar-refractivity contribution in [1.29, 1.82) is 0 Å². The van der Waals surface area contributed by atoms with E-state index in [9.17, 15) is 4.79 Å². The third-order valence-electron chi connectivity index (χ3n) is 2.83. The number of nitrogens with two attached hydrogens (primary N) is 1. The fourth-order valence-corrected chi connectivity index (χ4v) is 1.78. The van der Waals surface area contributed by atoms with E-state index in [1.54, 1.807) is 6.07 Å². The highest BCUT2D eigenvalue weighted by Crippen LogP contribution is 2.15. The van der Waals surface area contributed by atoms with Gasteiger partial charge in [0.25, 0.3) is 0 Å². The Morgan fingerprint density at radius 2 is 1.78 bits per heavy atom. The monoisotopic (exact) mass is 240 g/mol. The number of hydrogen-bond donors (Lipinski definition) is 2. The first kappa shape index (κ1) is 12.2. The molecule has 92 valence electrons. The van der Waals surface area contributed by atoms with Crippen LogP contribution in [0.3, 0.4) is 0 Å². The maximum Gasteiger partial charge on any atom is 0.228 e. The molecule has 3 heteroatoms. The van der Waals surface area contributed by atoms with E-state index in [1.807, 2.05) is 49.4 Å². The first-order valence-electron chi connectivity index (χ1n) is 5.85. The second-order valence-electron chi connectivity index (χ2n) is 4.24. The van der Waals surface area contributed by atoms with Crippen LogP contribution in [0.5, 0.6) is 0 Å². The summed E-state index contributed by atoms with van der Waals surface area (Å²) in [6.07, 6.45) is 0.293. The number of amides is 1. The summed E-state index contributed by atoms with van der Waals surface area (Å²) < 4.78 is 0. The van der Waals surface area contributed by atoms with Crippen molar-refractivity contribution >= 4 is 17.3 Å². The molecule has 0 heterocycles. The van der Waals surface area contributed by atoms with Crippen molar-refractivity contribution in [3.05, 3.63) is 59.7 Å². The molecule has 1 amide bonds. The number of aryl methyl sites for hydroxylation is 1. The molecule has 0 aliphatic rings. The Kier molecular flexibility index (Phi) is 3.63. The lowest BCUT2D eigenvalue weighted by Gasteiger charge is -2.09. The first-order chi connectivity index (χ1) is 8.66. The third-order valence-corrected chi connectivity index (χ3v) is 2.83. The Bertz CT molecular complexity index is 514. The summed E-state index contributed by atoms with van der Waals surface area (Å²) in [5.41, 5.74) is 9.21. The molecule has 18 heavy (non-hydrogen) atoms. The number of para-hydroxylation sites is 2. The number of carbonyl (C=O) groups is 1. The third kappa shape index (κ3) is 2.88. The van der Waals surface area contributed by atoms with Crippen LogP contribution in [0.15, 0.2) is 48.5 Å². The zero-order valence-corrected chi connectivity index (χ0v) is 10.3. The Morgan fingerprint density at radius 3 is 2.50 bits per heavy atom. The molecule has 2 aromatic rings. The van der Waals surface area contributed by atoms with Crippen LogP contribution in [-0.2, 0) is 11.2 Å². The first-order valence-corrected chi connectivity index (χ1v) is 5.85. The average molecular weight is 240 g/mol. The van der Waals surface area contributed by atoms with E-state index in [2.05, 4.69) is 5.32 Å². The molecule has 0 spiro atoms. The Morgan fingerprint density at radius 1 is 1.11 bits per heavy atom. The molecule has 0 saturated carbocycles. The Hall–Kier alpha value is -2.29. The van der Waals surface area contributed by atoms with E-state index in [0.717, 1.165) is 16.8 Å². The summed E-state index contributed by atoms with van der Waals surface area (Å²) >= 11 is 0. The van der Waals surface area contributed by atoms with Crippen molar-refractivity contribution in [3.63, 3.8) is 0 Å². The molecule has 2 rings (SSSR count). The molecule has 0 aliphatic carbocycles. The molecule has 0 fully saturated rings. The van der Waals surface area contributed by atoms with Gasteiger partial charge in [-0.2, -0.15) is 0 Å². The second-order valence-corrected chi connectivity index (χ2v) is 4.24. The van der Waals surface area contributed by atoms with Gasteiger partial charge >= 0.3 is 0 Å². The van der Waals surface area contributed by atoms with Gasteiger partial charge in [-0.25, -0.2) is 0 Å². The summed E-state index contributed by atoms with van der Waals surface area (Å²) in [5.74, 6) is -0.0535. The fourth-order valence-electron chi connectivity index (χ4n) is 1.78. The van der Waals surface area contributed by atoms with E-state index in [0.29, 0.717) is 12.1 Å². The molecule has 0 aromatic heterocycles. The zero-order valence-electron chi connectivity index (χ0n) is 10.3. The molecule has 0 unspecified atom stereocenters. The van der Waals surface area contributed by atoms with E-state index >= 15 is 0 Å². The number of benzene rings is 2. The van der Waals surface area contributed by atoms with Gasteiger partial charge in [-0.3, -0.25) is 4.79 Å². The van der Waals surface area contributed by atoms with Crippen molar-refractivity contribution in [1.82, 2.24) is 0 Å². The molecule has 0 aliphatic heterocycles. The molecular weight excluding hydrogens is 224 g/mol. The van der Waals surface area contributed by atoms with Gasteiger partial charge in [-0.05, 0) is 30.2 Å². The van der Waals surface area contributed by atoms with Crippen LogP contribution < -0.4 is 11.1 Å². The second kappa shape index (κ2) is 5.36. The molecule has 0 saturated heterocycles. The average Bonchev–Trinajstić information content (AvgIpc) is 2.35. The zero-order chi connectivity index (χ0) is 13.0. The van der Waals surface area contributed by atoms with Gasteiger partial charge in [-0.1, -0.05) is 36.4 Å². The van der Waals surface area contributed by atoms with Crippen molar-refractivity contribution in [2.75, 3.05) is 11.1 Å². The van der Waals surface area contributed by atoms with Crippen LogP contribution in [0.2, 0.25) is 0 Å². The molecule has 2 aromatic carbocycles. The van der Waals surface area contributed by atoms with Crippen LogP contribution in [-0.4, -0.2) is 5.91 Å². The van der Waals surface area contributed by atoms with Gasteiger partial charge in [0, 0.05) is 11.4 Å². The maximum absolute atomic E-state index is 11.9. The number of anilines is 2. The highest BCUT2D eigenvalue weighted by atomic mass is 16.1. The van der Waals surface area contributed by atoms with E-state index in [4.69, 9.17) is 5.73 Å². The number of nitrogen functional groups attached to an aromatic ring is 1. The molecule has 0 bridgehead atoms. The van der Waals surface area contributed by atoms with Gasteiger partial charge in [-0.15, -0.1) is 0 Å². The number of hydrogen-bond acceptors (Lipinski definition) is 2. The summed E-state index contributed by atoms with van der Waals surface area (Å²) in [5, 5.41) is 2.89. The van der Waals surface area contributed by atoms with Crippen molar-refractivity contribution in [3.8, 4) is 0 Å². The highest BCUT2D eigenvalue weighted by Gasteiger charge is 2.07. The topological polar surface area (TPSA) is 55.1 Å². The number of rotatable bonds is 3. The predicted octanol–water partition coefficient (Wildman–Crippen LogP) is 2.76. The van der Waals surface area contributed by atoms with Gasteiger partial charge < -0.3 is 11.1 Å². The standard InChI is InChI=1S/C15H16N2O/c1-11-6-2-5-9-14(11)17-15(18)10-12-7-3-4-8-13(12)16/h2-9H,10,16H2,1H3,(H,17,18). The van der Waals surface area contributed by atoms with Crippen LogP contribution in [0.1, 0.15) is 11.1 Å².